The zero-order valence-electron chi connectivity index (χ0n) is 23.8. The highest BCUT2D eigenvalue weighted by Crippen LogP contribution is 2.12. The van der Waals surface area contributed by atoms with E-state index in [1.54, 1.807) is 0 Å². The minimum absolute atomic E-state index is 0.324. The second-order valence-corrected chi connectivity index (χ2v) is 9.99. The maximum atomic E-state index is 10.3. The van der Waals surface area contributed by atoms with E-state index >= 15 is 0 Å². The molecular formula is C32H62O3. The molecule has 0 atom stereocenters. The number of carbonyl (C=O) groups is 1. The van der Waals surface area contributed by atoms with Crippen molar-refractivity contribution in [3.8, 4) is 0 Å². The fourth-order valence-corrected chi connectivity index (χ4v) is 4.04. The van der Waals surface area contributed by atoms with Crippen LogP contribution in [0.25, 0.3) is 0 Å². The van der Waals surface area contributed by atoms with E-state index in [1.807, 2.05) is 0 Å². The Balaban J connectivity index is 0. The SMILES string of the molecule is CCCCC/C=C\C/C=C\CCCCCCCC(=O)O.CCCCCCCCCCCCCCO. The van der Waals surface area contributed by atoms with Crippen LogP contribution in [0.2, 0.25) is 0 Å². The van der Waals surface area contributed by atoms with Gasteiger partial charge in [0.15, 0.2) is 0 Å². The first-order valence-corrected chi connectivity index (χ1v) is 15.3. The van der Waals surface area contributed by atoms with Gasteiger partial charge in [0.05, 0.1) is 0 Å². The number of aliphatic carboxylic acids is 1. The average Bonchev–Trinajstić information content (AvgIpc) is 2.85. The topological polar surface area (TPSA) is 57.5 Å². The Kier molecular flexibility index (Phi) is 36.1. The van der Waals surface area contributed by atoms with Crippen LogP contribution in [-0.2, 0) is 4.79 Å². The number of carboxylic acid groups (broad SMARTS) is 1. The van der Waals surface area contributed by atoms with Gasteiger partial charge < -0.3 is 10.2 Å². The van der Waals surface area contributed by atoms with Crippen molar-refractivity contribution in [3.05, 3.63) is 24.3 Å². The second-order valence-electron chi connectivity index (χ2n) is 9.99. The van der Waals surface area contributed by atoms with Gasteiger partial charge in [-0.05, 0) is 44.9 Å². The Morgan fingerprint density at radius 2 is 0.886 bits per heavy atom. The van der Waals surface area contributed by atoms with Gasteiger partial charge in [0.25, 0.3) is 0 Å². The number of hydrogen-bond donors (Lipinski definition) is 2. The van der Waals surface area contributed by atoms with E-state index in [0.29, 0.717) is 13.0 Å². The van der Waals surface area contributed by atoms with Crippen LogP contribution in [0.4, 0.5) is 0 Å². The third-order valence-corrected chi connectivity index (χ3v) is 6.35. The zero-order chi connectivity index (χ0) is 26.1. The molecule has 0 rings (SSSR count). The van der Waals surface area contributed by atoms with Crippen LogP contribution in [-0.4, -0.2) is 22.8 Å². The summed E-state index contributed by atoms with van der Waals surface area (Å²) in [7, 11) is 0. The van der Waals surface area contributed by atoms with Gasteiger partial charge in [0, 0.05) is 13.0 Å². The van der Waals surface area contributed by atoms with E-state index < -0.39 is 5.97 Å². The van der Waals surface area contributed by atoms with Crippen molar-refractivity contribution in [2.24, 2.45) is 0 Å². The van der Waals surface area contributed by atoms with E-state index in [9.17, 15) is 4.79 Å². The van der Waals surface area contributed by atoms with Crippen molar-refractivity contribution < 1.29 is 15.0 Å². The molecule has 0 amide bonds. The van der Waals surface area contributed by atoms with Gasteiger partial charge in [0.1, 0.15) is 0 Å². The number of aliphatic hydroxyl groups is 1. The summed E-state index contributed by atoms with van der Waals surface area (Å²) < 4.78 is 0. The molecule has 2 N–H and O–H groups in total. The first kappa shape index (κ1) is 36.1. The molecule has 0 aliphatic carbocycles. The van der Waals surface area contributed by atoms with Crippen molar-refractivity contribution in [2.75, 3.05) is 6.61 Å². The maximum Gasteiger partial charge on any atom is 0.303 e. The van der Waals surface area contributed by atoms with Gasteiger partial charge in [-0.3, -0.25) is 4.79 Å². The Hall–Kier alpha value is -1.09. The van der Waals surface area contributed by atoms with E-state index in [1.165, 1.54) is 116 Å². The van der Waals surface area contributed by atoms with Crippen LogP contribution < -0.4 is 0 Å². The summed E-state index contributed by atoms with van der Waals surface area (Å²) in [5.74, 6) is -0.671. The molecule has 0 fully saturated rings. The normalized spacial score (nSPS) is 11.3. The lowest BCUT2D eigenvalue weighted by Gasteiger charge is -2.01. The molecule has 0 aliphatic heterocycles. The minimum atomic E-state index is -0.671. The number of aliphatic hydroxyl groups excluding tert-OH is 1. The van der Waals surface area contributed by atoms with Gasteiger partial charge in [-0.1, -0.05) is 141 Å². The quantitative estimate of drug-likeness (QED) is 0.0928. The summed E-state index contributed by atoms with van der Waals surface area (Å²) in [6.45, 7) is 4.88. The van der Waals surface area contributed by atoms with Crippen LogP contribution in [0.3, 0.4) is 0 Å². The lowest BCUT2D eigenvalue weighted by Crippen LogP contribution is -1.93. The van der Waals surface area contributed by atoms with Gasteiger partial charge in [-0.15, -0.1) is 0 Å². The highest BCUT2D eigenvalue weighted by molar-refractivity contribution is 5.66. The predicted molar refractivity (Wildman–Crippen MR) is 155 cm³/mol. The summed E-state index contributed by atoms with van der Waals surface area (Å²) in [5.41, 5.74) is 0. The molecule has 0 aromatic heterocycles. The van der Waals surface area contributed by atoms with Crippen molar-refractivity contribution in [1.29, 1.82) is 0 Å². The third kappa shape index (κ3) is 40.4. The molecule has 0 aromatic carbocycles. The van der Waals surface area contributed by atoms with E-state index in [0.717, 1.165) is 32.1 Å². The predicted octanol–water partition coefficient (Wildman–Crippen LogP) is 10.6. The third-order valence-electron chi connectivity index (χ3n) is 6.35. The number of allylic oxidation sites excluding steroid dienone is 4. The Morgan fingerprint density at radius 3 is 1.34 bits per heavy atom. The number of rotatable bonds is 26. The van der Waals surface area contributed by atoms with Crippen LogP contribution in [0, 0.1) is 0 Å². The van der Waals surface area contributed by atoms with Crippen molar-refractivity contribution in [3.63, 3.8) is 0 Å². The molecule has 0 aliphatic rings. The summed E-state index contributed by atoms with van der Waals surface area (Å²) in [4.78, 5) is 10.3. The van der Waals surface area contributed by atoms with Gasteiger partial charge in [-0.2, -0.15) is 0 Å². The molecule has 0 spiro atoms. The average molecular weight is 495 g/mol. The van der Waals surface area contributed by atoms with E-state index in [-0.39, 0.29) is 0 Å². The first-order valence-electron chi connectivity index (χ1n) is 15.3. The second kappa shape index (κ2) is 35.1. The lowest BCUT2D eigenvalue weighted by molar-refractivity contribution is -0.137. The van der Waals surface area contributed by atoms with Crippen molar-refractivity contribution >= 4 is 5.97 Å². The van der Waals surface area contributed by atoms with E-state index in [2.05, 4.69) is 38.2 Å². The fraction of sp³-hybridized carbons (Fsp3) is 0.844. The largest absolute Gasteiger partial charge is 0.481 e. The molecule has 0 saturated carbocycles. The molecule has 0 heterocycles. The van der Waals surface area contributed by atoms with Gasteiger partial charge >= 0.3 is 5.97 Å². The van der Waals surface area contributed by atoms with Crippen LogP contribution >= 0.6 is 0 Å². The summed E-state index contributed by atoms with van der Waals surface area (Å²) in [6.07, 6.45) is 38.5. The summed E-state index contributed by atoms with van der Waals surface area (Å²) in [6, 6.07) is 0. The molecule has 3 nitrogen and oxygen atoms in total. The molecule has 0 bridgehead atoms. The Labute approximate surface area is 219 Å². The molecule has 0 saturated heterocycles. The van der Waals surface area contributed by atoms with Crippen molar-refractivity contribution in [1.82, 2.24) is 0 Å². The van der Waals surface area contributed by atoms with Gasteiger partial charge in [-0.25, -0.2) is 0 Å². The van der Waals surface area contributed by atoms with Gasteiger partial charge in [0.2, 0.25) is 0 Å². The number of carboxylic acids is 1. The molecule has 208 valence electrons. The molecule has 35 heavy (non-hydrogen) atoms. The summed E-state index contributed by atoms with van der Waals surface area (Å²) in [5, 5.41) is 17.1. The highest BCUT2D eigenvalue weighted by atomic mass is 16.4. The minimum Gasteiger partial charge on any atom is -0.481 e. The molecule has 0 aromatic rings. The number of unbranched alkanes of at least 4 members (excludes halogenated alkanes) is 19. The highest BCUT2D eigenvalue weighted by Gasteiger charge is 1.96. The van der Waals surface area contributed by atoms with Crippen LogP contribution in [0.15, 0.2) is 24.3 Å². The molecule has 3 heteroatoms. The smallest absolute Gasteiger partial charge is 0.303 e. The standard InChI is InChI=1S/C18H32O2.C14H30O/c1-2-3-4-5-6-7-8-9-10-11-12-13-14-15-16-17-18(19)20;1-2-3-4-5-6-7-8-9-10-11-12-13-14-15/h6-7,9-10H,2-5,8,11-17H2,1H3,(H,19,20);15H,2-14H2,1H3/b7-6-,10-9-;. The summed E-state index contributed by atoms with van der Waals surface area (Å²) >= 11 is 0. The fourth-order valence-electron chi connectivity index (χ4n) is 4.04. The van der Waals surface area contributed by atoms with E-state index in [4.69, 9.17) is 10.2 Å². The monoisotopic (exact) mass is 494 g/mol. The molecule has 0 radical (unpaired) electrons. The lowest BCUT2D eigenvalue weighted by atomic mass is 10.1. The Bertz CT molecular complexity index is 430. The number of hydrogen-bond acceptors (Lipinski definition) is 2. The molecular weight excluding hydrogens is 432 g/mol. The Morgan fingerprint density at radius 1 is 0.514 bits per heavy atom. The first-order chi connectivity index (χ1) is 17.2. The van der Waals surface area contributed by atoms with Crippen LogP contribution in [0.5, 0.6) is 0 Å². The van der Waals surface area contributed by atoms with Crippen molar-refractivity contribution in [2.45, 2.75) is 168 Å². The van der Waals surface area contributed by atoms with Crippen LogP contribution in [0.1, 0.15) is 168 Å². The zero-order valence-corrected chi connectivity index (χ0v) is 23.8. The maximum absolute atomic E-state index is 10.3. The molecule has 0 unspecified atom stereocenters.